The Balaban J connectivity index is 1.50. The minimum Gasteiger partial charge on any atom is -0.383 e. The first-order chi connectivity index (χ1) is 19.9. The lowest BCUT2D eigenvalue weighted by Crippen LogP contribution is -2.36. The van der Waals surface area contributed by atoms with Crippen LogP contribution < -0.4 is 5.32 Å². The maximum Gasteiger partial charge on any atom is 0.257 e. The van der Waals surface area contributed by atoms with Gasteiger partial charge in [-0.25, -0.2) is 13.4 Å². The molecule has 1 amide bonds. The van der Waals surface area contributed by atoms with Crippen LogP contribution in [0.3, 0.4) is 0 Å². The van der Waals surface area contributed by atoms with Gasteiger partial charge >= 0.3 is 0 Å². The Hall–Kier alpha value is -3.41. The largest absolute Gasteiger partial charge is 0.383 e. The zero-order chi connectivity index (χ0) is 29.2. The number of hydrogen-bond donors (Lipinski definition) is 1. The molecule has 1 aromatic heterocycles. The SMILES string of the molecule is CCCc1sc(NC(=O)c2ccc(S(=O)(=O)N(CCOC)CCOC)cc2)nc1-c1ccc(-c2ccccc2)cc1. The standard InChI is InChI=1S/C31H35N3O5S2/c1-4-8-28-29(25-13-11-24(12-14-25)23-9-6-5-7-10-23)32-31(40-28)33-30(35)26-15-17-27(18-16-26)41(36,37)34(19-21-38-2)20-22-39-3/h5-7,9-18H,4,8,19-22H2,1-3H3,(H,32,33,35). The minimum absolute atomic E-state index is 0.0990. The number of sulfonamides is 1. The van der Waals surface area contributed by atoms with Crippen LogP contribution in [0.5, 0.6) is 0 Å². The number of aryl methyl sites for hydroxylation is 1. The van der Waals surface area contributed by atoms with E-state index in [4.69, 9.17) is 14.5 Å². The van der Waals surface area contributed by atoms with Crippen LogP contribution in [0.1, 0.15) is 28.6 Å². The molecule has 41 heavy (non-hydrogen) atoms. The van der Waals surface area contributed by atoms with E-state index < -0.39 is 10.0 Å². The van der Waals surface area contributed by atoms with E-state index in [-0.39, 0.29) is 37.1 Å². The van der Waals surface area contributed by atoms with Gasteiger partial charge < -0.3 is 9.47 Å². The number of hydrogen-bond acceptors (Lipinski definition) is 7. The Labute approximate surface area is 246 Å². The number of carbonyl (C=O) groups is 1. The lowest BCUT2D eigenvalue weighted by molar-refractivity contribution is 0.102. The fourth-order valence-electron chi connectivity index (χ4n) is 4.31. The molecule has 0 fully saturated rings. The van der Waals surface area contributed by atoms with Crippen LogP contribution in [-0.4, -0.2) is 64.1 Å². The number of amides is 1. The number of ether oxygens (including phenoxy) is 2. The second-order valence-electron chi connectivity index (χ2n) is 9.35. The van der Waals surface area contributed by atoms with Crippen molar-refractivity contribution in [2.24, 2.45) is 0 Å². The number of aromatic nitrogens is 1. The van der Waals surface area contributed by atoms with E-state index >= 15 is 0 Å². The van der Waals surface area contributed by atoms with E-state index in [1.165, 1.54) is 54.1 Å². The first-order valence-corrected chi connectivity index (χ1v) is 15.7. The van der Waals surface area contributed by atoms with Gasteiger partial charge in [-0.2, -0.15) is 4.31 Å². The monoisotopic (exact) mass is 593 g/mol. The highest BCUT2D eigenvalue weighted by Gasteiger charge is 2.24. The van der Waals surface area contributed by atoms with E-state index in [1.807, 2.05) is 18.2 Å². The van der Waals surface area contributed by atoms with Crippen molar-refractivity contribution in [1.29, 1.82) is 0 Å². The van der Waals surface area contributed by atoms with Gasteiger partial charge in [-0.05, 0) is 41.8 Å². The predicted octanol–water partition coefficient (Wildman–Crippen LogP) is 5.97. The topological polar surface area (TPSA) is 97.8 Å². The van der Waals surface area contributed by atoms with Crippen molar-refractivity contribution in [1.82, 2.24) is 9.29 Å². The molecule has 0 aliphatic heterocycles. The summed E-state index contributed by atoms with van der Waals surface area (Å²) >= 11 is 1.46. The maximum atomic E-state index is 13.2. The zero-order valence-corrected chi connectivity index (χ0v) is 25.1. The van der Waals surface area contributed by atoms with Gasteiger partial charge in [0.25, 0.3) is 5.91 Å². The lowest BCUT2D eigenvalue weighted by Gasteiger charge is -2.21. The van der Waals surface area contributed by atoms with Crippen LogP contribution >= 0.6 is 11.3 Å². The number of methoxy groups -OCH3 is 2. The van der Waals surface area contributed by atoms with E-state index in [0.717, 1.165) is 40.1 Å². The Morgan fingerprint density at radius 3 is 2.02 bits per heavy atom. The van der Waals surface area contributed by atoms with E-state index in [0.29, 0.717) is 10.7 Å². The summed E-state index contributed by atoms with van der Waals surface area (Å²) in [6.45, 7) is 3.03. The second-order valence-corrected chi connectivity index (χ2v) is 12.4. The fourth-order valence-corrected chi connectivity index (χ4v) is 6.80. The molecule has 0 saturated heterocycles. The normalized spacial score (nSPS) is 11.6. The van der Waals surface area contributed by atoms with Crippen LogP contribution in [0.4, 0.5) is 5.13 Å². The van der Waals surface area contributed by atoms with Gasteiger partial charge in [0.15, 0.2) is 5.13 Å². The van der Waals surface area contributed by atoms with Crippen molar-refractivity contribution in [3.63, 3.8) is 0 Å². The molecule has 1 N–H and O–H groups in total. The highest BCUT2D eigenvalue weighted by atomic mass is 32.2. The van der Waals surface area contributed by atoms with E-state index in [9.17, 15) is 13.2 Å². The zero-order valence-electron chi connectivity index (χ0n) is 23.5. The van der Waals surface area contributed by atoms with Crippen molar-refractivity contribution in [3.8, 4) is 22.4 Å². The predicted molar refractivity (Wildman–Crippen MR) is 164 cm³/mol. The average molecular weight is 594 g/mol. The number of nitrogens with zero attached hydrogens (tertiary/aromatic N) is 2. The first-order valence-electron chi connectivity index (χ1n) is 13.4. The van der Waals surface area contributed by atoms with E-state index in [1.54, 1.807) is 0 Å². The molecule has 0 saturated carbocycles. The van der Waals surface area contributed by atoms with E-state index in [2.05, 4.69) is 48.6 Å². The summed E-state index contributed by atoms with van der Waals surface area (Å²) in [5.41, 5.74) is 4.47. The quantitative estimate of drug-likeness (QED) is 0.194. The van der Waals surface area contributed by atoms with Gasteiger partial charge in [-0.15, -0.1) is 11.3 Å². The fraction of sp³-hybridized carbons (Fsp3) is 0.290. The molecule has 3 aromatic carbocycles. The lowest BCUT2D eigenvalue weighted by atomic mass is 10.0. The Kier molecular flexibility index (Phi) is 10.8. The Morgan fingerprint density at radius 2 is 1.44 bits per heavy atom. The maximum absolute atomic E-state index is 13.2. The molecule has 4 aromatic rings. The van der Waals surface area contributed by atoms with Crippen molar-refractivity contribution >= 4 is 32.4 Å². The van der Waals surface area contributed by atoms with Crippen LogP contribution in [-0.2, 0) is 25.9 Å². The van der Waals surface area contributed by atoms with Gasteiger partial charge in [0.05, 0.1) is 23.8 Å². The summed E-state index contributed by atoms with van der Waals surface area (Å²) in [5.74, 6) is -0.354. The molecule has 1 heterocycles. The molecule has 0 radical (unpaired) electrons. The second kappa shape index (κ2) is 14.5. The molecule has 0 aliphatic carbocycles. The first kappa shape index (κ1) is 30.5. The molecule has 0 spiro atoms. The summed E-state index contributed by atoms with van der Waals surface area (Å²) < 4.78 is 37.8. The van der Waals surface area contributed by atoms with Crippen molar-refractivity contribution in [3.05, 3.63) is 89.3 Å². The summed E-state index contributed by atoms with van der Waals surface area (Å²) in [6, 6.07) is 24.4. The highest BCUT2D eigenvalue weighted by Crippen LogP contribution is 2.33. The van der Waals surface area contributed by atoms with Crippen molar-refractivity contribution in [2.75, 3.05) is 45.8 Å². The van der Waals surface area contributed by atoms with Gasteiger partial charge in [0.1, 0.15) is 0 Å². The highest BCUT2D eigenvalue weighted by molar-refractivity contribution is 7.89. The summed E-state index contributed by atoms with van der Waals surface area (Å²) in [5, 5.41) is 3.40. The Morgan fingerprint density at radius 1 is 0.854 bits per heavy atom. The number of thiazole rings is 1. The third kappa shape index (κ3) is 7.66. The van der Waals surface area contributed by atoms with Crippen LogP contribution in [0.2, 0.25) is 0 Å². The molecule has 216 valence electrons. The summed E-state index contributed by atoms with van der Waals surface area (Å²) in [6.07, 6.45) is 1.80. The average Bonchev–Trinajstić information content (AvgIpc) is 3.39. The summed E-state index contributed by atoms with van der Waals surface area (Å²) in [4.78, 5) is 19.0. The van der Waals surface area contributed by atoms with Gasteiger partial charge in [0, 0.05) is 43.3 Å². The molecular weight excluding hydrogens is 558 g/mol. The number of benzene rings is 3. The van der Waals surface area contributed by atoms with Crippen LogP contribution in [0.25, 0.3) is 22.4 Å². The third-order valence-corrected chi connectivity index (χ3v) is 9.45. The van der Waals surface area contributed by atoms with Crippen LogP contribution in [0.15, 0.2) is 83.8 Å². The molecule has 0 atom stereocenters. The Bertz CT molecular complexity index is 1510. The molecular formula is C31H35N3O5S2. The molecule has 8 nitrogen and oxygen atoms in total. The molecule has 0 aliphatic rings. The van der Waals surface area contributed by atoms with Crippen LogP contribution in [0, 0.1) is 0 Å². The van der Waals surface area contributed by atoms with Gasteiger partial charge in [-0.3, -0.25) is 10.1 Å². The molecule has 0 bridgehead atoms. The summed E-state index contributed by atoms with van der Waals surface area (Å²) in [7, 11) is -0.735. The molecule has 4 rings (SSSR count). The van der Waals surface area contributed by atoms with Gasteiger partial charge in [-0.1, -0.05) is 67.9 Å². The molecule has 10 heteroatoms. The number of anilines is 1. The van der Waals surface area contributed by atoms with Crippen molar-refractivity contribution in [2.45, 2.75) is 24.7 Å². The number of nitrogens with one attached hydrogen (secondary N) is 1. The molecule has 0 unspecified atom stereocenters. The third-order valence-electron chi connectivity index (χ3n) is 6.50. The minimum atomic E-state index is -3.78. The number of rotatable bonds is 14. The van der Waals surface area contributed by atoms with Crippen molar-refractivity contribution < 1.29 is 22.7 Å². The smallest absolute Gasteiger partial charge is 0.257 e. The van der Waals surface area contributed by atoms with Gasteiger partial charge in [0.2, 0.25) is 10.0 Å². The number of carbonyl (C=O) groups excluding carboxylic acids is 1.